The summed E-state index contributed by atoms with van der Waals surface area (Å²) in [6.45, 7) is 4.83. The highest BCUT2D eigenvalue weighted by molar-refractivity contribution is 5.31. The van der Waals surface area contributed by atoms with Gasteiger partial charge in [0.1, 0.15) is 5.75 Å². The van der Waals surface area contributed by atoms with Crippen molar-refractivity contribution in [2.24, 2.45) is 11.7 Å². The molecule has 0 amide bonds. The molecule has 3 heteroatoms. The number of rotatable bonds is 5. The Morgan fingerprint density at radius 1 is 1.35 bits per heavy atom. The summed E-state index contributed by atoms with van der Waals surface area (Å²) in [5.74, 6) is 1.53. The van der Waals surface area contributed by atoms with Crippen molar-refractivity contribution in [2.45, 2.75) is 38.6 Å². The number of nitrogens with two attached hydrogens (primary N) is 1. The van der Waals surface area contributed by atoms with E-state index in [-0.39, 0.29) is 0 Å². The summed E-state index contributed by atoms with van der Waals surface area (Å²) in [6, 6.07) is 8.99. The molecule has 0 bridgehead atoms. The van der Waals surface area contributed by atoms with Gasteiger partial charge in [0.2, 0.25) is 0 Å². The van der Waals surface area contributed by atoms with E-state index in [4.69, 9.17) is 10.5 Å². The van der Waals surface area contributed by atoms with Crippen LogP contribution in [0.25, 0.3) is 0 Å². The molecule has 1 heterocycles. The molecule has 112 valence electrons. The van der Waals surface area contributed by atoms with Gasteiger partial charge in [-0.25, -0.2) is 0 Å². The highest BCUT2D eigenvalue weighted by Crippen LogP contribution is 2.34. The molecular weight excluding hydrogens is 248 g/mol. The van der Waals surface area contributed by atoms with Gasteiger partial charge in [-0.15, -0.1) is 0 Å². The van der Waals surface area contributed by atoms with Crippen molar-refractivity contribution in [2.75, 3.05) is 26.7 Å². The van der Waals surface area contributed by atoms with E-state index < -0.39 is 0 Å². The number of benzene rings is 1. The fourth-order valence-electron chi connectivity index (χ4n) is 3.21. The third kappa shape index (κ3) is 3.74. The van der Waals surface area contributed by atoms with Crippen molar-refractivity contribution in [3.63, 3.8) is 0 Å². The first-order chi connectivity index (χ1) is 9.76. The van der Waals surface area contributed by atoms with Gasteiger partial charge in [-0.2, -0.15) is 0 Å². The lowest BCUT2D eigenvalue weighted by molar-refractivity contribution is 0.195. The summed E-state index contributed by atoms with van der Waals surface area (Å²) in [4.78, 5) is 2.46. The van der Waals surface area contributed by atoms with E-state index in [0.29, 0.717) is 12.0 Å². The Morgan fingerprint density at radius 2 is 2.20 bits per heavy atom. The van der Waals surface area contributed by atoms with Crippen molar-refractivity contribution >= 4 is 0 Å². The number of hydrogen-bond donors (Lipinski definition) is 1. The molecule has 0 saturated carbocycles. The van der Waals surface area contributed by atoms with Gasteiger partial charge >= 0.3 is 0 Å². The van der Waals surface area contributed by atoms with E-state index in [2.05, 4.69) is 37.1 Å². The van der Waals surface area contributed by atoms with Crippen LogP contribution in [-0.2, 0) is 0 Å². The monoisotopic (exact) mass is 276 g/mol. The van der Waals surface area contributed by atoms with E-state index in [1.807, 2.05) is 6.07 Å². The largest absolute Gasteiger partial charge is 0.494 e. The highest BCUT2D eigenvalue weighted by Gasteiger charge is 2.28. The van der Waals surface area contributed by atoms with Crippen molar-refractivity contribution in [3.8, 4) is 5.75 Å². The average molecular weight is 276 g/mol. The maximum atomic E-state index is 6.02. The molecule has 2 atom stereocenters. The first-order valence-corrected chi connectivity index (χ1v) is 7.89. The Bertz CT molecular complexity index is 408. The van der Waals surface area contributed by atoms with E-state index in [9.17, 15) is 0 Å². The van der Waals surface area contributed by atoms with Crippen LogP contribution < -0.4 is 10.5 Å². The molecule has 0 radical (unpaired) electrons. The second-order valence-corrected chi connectivity index (χ2v) is 5.84. The van der Waals surface area contributed by atoms with Gasteiger partial charge in [0.05, 0.1) is 6.61 Å². The molecule has 1 aliphatic rings. The Morgan fingerprint density at radius 3 is 2.95 bits per heavy atom. The maximum Gasteiger partial charge on any atom is 0.119 e. The zero-order chi connectivity index (χ0) is 14.4. The first-order valence-electron chi connectivity index (χ1n) is 7.89. The van der Waals surface area contributed by atoms with E-state index >= 15 is 0 Å². The predicted molar refractivity (Wildman–Crippen MR) is 84.0 cm³/mol. The molecule has 0 aliphatic carbocycles. The summed E-state index contributed by atoms with van der Waals surface area (Å²) in [7, 11) is 2.22. The number of nitrogens with zero attached hydrogens (tertiary/aromatic N) is 1. The minimum Gasteiger partial charge on any atom is -0.494 e. The van der Waals surface area contributed by atoms with Gasteiger partial charge in [0, 0.05) is 6.04 Å². The zero-order valence-corrected chi connectivity index (χ0v) is 12.8. The van der Waals surface area contributed by atoms with Crippen molar-refractivity contribution in [3.05, 3.63) is 29.8 Å². The number of ether oxygens (including phenoxy) is 1. The van der Waals surface area contributed by atoms with Gasteiger partial charge in [0.25, 0.3) is 0 Å². The standard InChI is InChI=1S/C17H28N2O/c1-3-11-20-16-9-6-8-14(12-16)17-15(13-18)7-4-5-10-19(17)2/h6,8-9,12,15,17H,3-5,7,10-11,13,18H2,1-2H3. The molecule has 1 aromatic rings. The van der Waals surface area contributed by atoms with Gasteiger partial charge in [0.15, 0.2) is 0 Å². The van der Waals surface area contributed by atoms with E-state index in [0.717, 1.165) is 31.9 Å². The molecular formula is C17H28N2O. The maximum absolute atomic E-state index is 6.02. The van der Waals surface area contributed by atoms with Gasteiger partial charge in [-0.1, -0.05) is 25.5 Å². The highest BCUT2D eigenvalue weighted by atomic mass is 16.5. The first kappa shape index (κ1) is 15.3. The minimum atomic E-state index is 0.424. The smallest absolute Gasteiger partial charge is 0.119 e. The molecule has 1 aliphatic heterocycles. The molecule has 2 rings (SSSR count). The van der Waals surface area contributed by atoms with Crippen molar-refractivity contribution in [1.82, 2.24) is 4.90 Å². The number of likely N-dealkylation sites (tertiary alicyclic amines) is 1. The van der Waals surface area contributed by atoms with Crippen molar-refractivity contribution < 1.29 is 4.74 Å². The molecule has 1 aromatic carbocycles. The molecule has 0 aromatic heterocycles. The quantitative estimate of drug-likeness (QED) is 0.897. The molecule has 2 unspecified atom stereocenters. The third-order valence-corrected chi connectivity index (χ3v) is 4.23. The van der Waals surface area contributed by atoms with Crippen LogP contribution in [0.4, 0.5) is 0 Å². The topological polar surface area (TPSA) is 38.5 Å². The van der Waals surface area contributed by atoms with Crippen LogP contribution in [0.2, 0.25) is 0 Å². The molecule has 2 N–H and O–H groups in total. The van der Waals surface area contributed by atoms with Crippen LogP contribution in [0.5, 0.6) is 5.75 Å². The zero-order valence-electron chi connectivity index (χ0n) is 12.8. The number of hydrogen-bond acceptors (Lipinski definition) is 3. The fraction of sp³-hybridized carbons (Fsp3) is 0.647. The minimum absolute atomic E-state index is 0.424. The molecule has 1 saturated heterocycles. The summed E-state index contributed by atoms with van der Waals surface area (Å²) >= 11 is 0. The lowest BCUT2D eigenvalue weighted by atomic mass is 9.89. The van der Waals surface area contributed by atoms with Crippen LogP contribution in [0.15, 0.2) is 24.3 Å². The Kier molecular flexibility index (Phi) is 5.86. The predicted octanol–water partition coefficient (Wildman–Crippen LogP) is 3.21. The summed E-state index contributed by atoms with van der Waals surface area (Å²) < 4.78 is 5.77. The van der Waals surface area contributed by atoms with Crippen LogP contribution in [0.1, 0.15) is 44.2 Å². The lowest BCUT2D eigenvalue weighted by Gasteiger charge is -2.32. The lowest BCUT2D eigenvalue weighted by Crippen LogP contribution is -2.33. The van der Waals surface area contributed by atoms with Crippen LogP contribution in [0, 0.1) is 5.92 Å². The van der Waals surface area contributed by atoms with E-state index in [1.165, 1.54) is 24.8 Å². The second-order valence-electron chi connectivity index (χ2n) is 5.84. The van der Waals surface area contributed by atoms with Gasteiger partial charge < -0.3 is 10.5 Å². The second kappa shape index (κ2) is 7.65. The van der Waals surface area contributed by atoms with Crippen molar-refractivity contribution in [1.29, 1.82) is 0 Å². The normalized spacial score (nSPS) is 24.4. The molecule has 1 fully saturated rings. The third-order valence-electron chi connectivity index (χ3n) is 4.23. The Hall–Kier alpha value is -1.06. The summed E-state index contributed by atoms with van der Waals surface area (Å²) in [6.07, 6.45) is 4.83. The summed E-state index contributed by atoms with van der Waals surface area (Å²) in [5.41, 5.74) is 7.37. The van der Waals surface area contributed by atoms with Gasteiger partial charge in [-0.3, -0.25) is 4.90 Å². The SMILES string of the molecule is CCCOc1cccc(C2C(CN)CCCCN2C)c1. The molecule has 20 heavy (non-hydrogen) atoms. The average Bonchev–Trinajstić information content (AvgIpc) is 2.66. The Balaban J connectivity index is 2.21. The molecule has 3 nitrogen and oxygen atoms in total. The van der Waals surface area contributed by atoms with Crippen LogP contribution >= 0.6 is 0 Å². The Labute approximate surface area is 123 Å². The van der Waals surface area contributed by atoms with Crippen LogP contribution in [-0.4, -0.2) is 31.6 Å². The molecule has 0 spiro atoms. The van der Waals surface area contributed by atoms with E-state index in [1.54, 1.807) is 0 Å². The summed E-state index contributed by atoms with van der Waals surface area (Å²) in [5, 5.41) is 0. The fourth-order valence-corrected chi connectivity index (χ4v) is 3.21. The van der Waals surface area contributed by atoms with Gasteiger partial charge in [-0.05, 0) is 63.0 Å². The van der Waals surface area contributed by atoms with Crippen LogP contribution in [0.3, 0.4) is 0 Å².